The molecule has 1 saturated heterocycles. The average Bonchev–Trinajstić information content (AvgIpc) is 3.42. The van der Waals surface area contributed by atoms with Crippen LogP contribution in [-0.2, 0) is 16.0 Å². The minimum atomic E-state index is -0.168. The molecule has 2 aromatic carbocycles. The first-order valence-corrected chi connectivity index (χ1v) is 10.8. The molecular formula is C25H24N4O3. The molecule has 2 amide bonds. The Hall–Kier alpha value is -3.74. The van der Waals surface area contributed by atoms with Crippen molar-refractivity contribution in [2.24, 2.45) is 0 Å². The summed E-state index contributed by atoms with van der Waals surface area (Å²) in [6.45, 7) is 1.03. The first-order valence-electron chi connectivity index (χ1n) is 10.8. The van der Waals surface area contributed by atoms with E-state index in [1.165, 1.54) is 0 Å². The van der Waals surface area contributed by atoms with Gasteiger partial charge in [0, 0.05) is 37.7 Å². The van der Waals surface area contributed by atoms with E-state index in [1.807, 2.05) is 48.5 Å². The molecule has 5 rings (SSSR count). The number of carbonyl (C=O) groups is 2. The van der Waals surface area contributed by atoms with Crippen molar-refractivity contribution in [1.82, 2.24) is 20.2 Å². The minimum Gasteiger partial charge on any atom is -0.487 e. The first kappa shape index (κ1) is 20.2. The fourth-order valence-electron chi connectivity index (χ4n) is 4.40. The summed E-state index contributed by atoms with van der Waals surface area (Å²) in [5, 5.41) is 2.93. The van der Waals surface area contributed by atoms with Gasteiger partial charge in [0.25, 0.3) is 0 Å². The lowest BCUT2D eigenvalue weighted by Gasteiger charge is -2.18. The Bertz CT molecular complexity index is 1120. The van der Waals surface area contributed by atoms with Crippen LogP contribution in [0, 0.1) is 0 Å². The maximum Gasteiger partial charge on any atom is 0.239 e. The molecule has 0 spiro atoms. The van der Waals surface area contributed by atoms with Gasteiger partial charge in [0.2, 0.25) is 11.8 Å². The Morgan fingerprint density at radius 2 is 1.84 bits per heavy atom. The Labute approximate surface area is 186 Å². The number of aromatic nitrogens is 2. The van der Waals surface area contributed by atoms with E-state index in [0.29, 0.717) is 31.8 Å². The van der Waals surface area contributed by atoms with E-state index in [1.54, 1.807) is 23.4 Å². The van der Waals surface area contributed by atoms with Crippen molar-refractivity contribution in [2.75, 3.05) is 19.6 Å². The van der Waals surface area contributed by atoms with Crippen LogP contribution in [0.2, 0.25) is 0 Å². The summed E-state index contributed by atoms with van der Waals surface area (Å²) >= 11 is 0. The van der Waals surface area contributed by atoms with Crippen LogP contribution in [0.5, 0.6) is 5.75 Å². The summed E-state index contributed by atoms with van der Waals surface area (Å²) in [5.74, 6) is 1.39. The summed E-state index contributed by atoms with van der Waals surface area (Å²) in [4.78, 5) is 35.2. The molecule has 2 aliphatic rings. The molecule has 7 nitrogen and oxygen atoms in total. The molecule has 2 atom stereocenters. The summed E-state index contributed by atoms with van der Waals surface area (Å²) in [6.07, 6.45) is 4.40. The summed E-state index contributed by atoms with van der Waals surface area (Å²) in [7, 11) is 0. The third kappa shape index (κ3) is 4.19. The molecule has 1 fully saturated rings. The molecule has 32 heavy (non-hydrogen) atoms. The Kier molecular flexibility index (Phi) is 5.54. The van der Waals surface area contributed by atoms with E-state index >= 15 is 0 Å². The molecule has 162 valence electrons. The zero-order valence-corrected chi connectivity index (χ0v) is 17.6. The van der Waals surface area contributed by atoms with Gasteiger partial charge in [-0.05, 0) is 23.3 Å². The third-order valence-corrected chi connectivity index (χ3v) is 5.98. The highest BCUT2D eigenvalue weighted by atomic mass is 16.5. The quantitative estimate of drug-likeness (QED) is 0.652. The van der Waals surface area contributed by atoms with Crippen molar-refractivity contribution in [3.8, 4) is 17.1 Å². The molecule has 0 saturated carbocycles. The van der Waals surface area contributed by atoms with Crippen LogP contribution in [0.1, 0.15) is 23.5 Å². The number of likely N-dealkylation sites (tertiary alicyclic amines) is 1. The topological polar surface area (TPSA) is 84.4 Å². The lowest BCUT2D eigenvalue weighted by Crippen LogP contribution is -2.41. The first-order chi connectivity index (χ1) is 15.7. The fourth-order valence-corrected chi connectivity index (χ4v) is 4.40. The maximum atomic E-state index is 12.5. The van der Waals surface area contributed by atoms with Gasteiger partial charge in [-0.15, -0.1) is 0 Å². The molecule has 1 N–H and O–H groups in total. The number of hydrogen-bond donors (Lipinski definition) is 1. The van der Waals surface area contributed by atoms with Gasteiger partial charge in [-0.3, -0.25) is 9.59 Å². The van der Waals surface area contributed by atoms with E-state index in [4.69, 9.17) is 4.74 Å². The second kappa shape index (κ2) is 8.78. The van der Waals surface area contributed by atoms with Gasteiger partial charge in [-0.25, -0.2) is 9.97 Å². The number of fused-ring (bicyclic) bond motifs is 1. The van der Waals surface area contributed by atoms with E-state index in [0.717, 1.165) is 22.4 Å². The number of amides is 2. The molecule has 3 heterocycles. The van der Waals surface area contributed by atoms with Gasteiger partial charge in [0.05, 0.1) is 18.7 Å². The lowest BCUT2D eigenvalue weighted by atomic mass is 9.99. The predicted octanol–water partition coefficient (Wildman–Crippen LogP) is 2.58. The second-order valence-corrected chi connectivity index (χ2v) is 8.20. The van der Waals surface area contributed by atoms with E-state index in [9.17, 15) is 9.59 Å². The highest BCUT2D eigenvalue weighted by molar-refractivity contribution is 5.86. The number of benzene rings is 2. The zero-order chi connectivity index (χ0) is 21.9. The maximum absolute atomic E-state index is 12.5. The molecule has 2 unspecified atom stereocenters. The summed E-state index contributed by atoms with van der Waals surface area (Å²) in [5.41, 5.74) is 3.07. The molecule has 7 heteroatoms. The molecule has 3 aromatic rings. The number of rotatable bonds is 6. The highest BCUT2D eigenvalue weighted by Crippen LogP contribution is 2.37. The van der Waals surface area contributed by atoms with Crippen molar-refractivity contribution >= 4 is 11.8 Å². The number of carbonyl (C=O) groups excluding carboxylic acids is 2. The SMILES string of the molecule is O=C(CN1CC(c2ccccc2)CC1=O)NCC1Cc2cccc(-c3ncccn3)c2O1. The van der Waals surface area contributed by atoms with Crippen LogP contribution in [0.15, 0.2) is 67.0 Å². The molecule has 2 aliphatic heterocycles. The van der Waals surface area contributed by atoms with Crippen molar-refractivity contribution in [3.05, 3.63) is 78.1 Å². The van der Waals surface area contributed by atoms with Crippen molar-refractivity contribution in [1.29, 1.82) is 0 Å². The number of nitrogens with one attached hydrogen (secondary N) is 1. The fraction of sp³-hybridized carbons (Fsp3) is 0.280. The van der Waals surface area contributed by atoms with E-state index < -0.39 is 0 Å². The normalized spacial score (nSPS) is 19.5. The molecule has 0 radical (unpaired) electrons. The number of hydrogen-bond acceptors (Lipinski definition) is 5. The van der Waals surface area contributed by atoms with Crippen LogP contribution in [-0.4, -0.2) is 52.4 Å². The molecule has 0 aliphatic carbocycles. The Morgan fingerprint density at radius 3 is 2.66 bits per heavy atom. The van der Waals surface area contributed by atoms with Gasteiger partial charge in [0.15, 0.2) is 5.82 Å². The zero-order valence-electron chi connectivity index (χ0n) is 17.6. The highest BCUT2D eigenvalue weighted by Gasteiger charge is 2.32. The monoisotopic (exact) mass is 428 g/mol. The van der Waals surface area contributed by atoms with Crippen LogP contribution in [0.4, 0.5) is 0 Å². The predicted molar refractivity (Wildman–Crippen MR) is 119 cm³/mol. The van der Waals surface area contributed by atoms with Crippen LogP contribution in [0.3, 0.4) is 0 Å². The summed E-state index contributed by atoms with van der Waals surface area (Å²) in [6, 6.07) is 17.7. The number of ether oxygens (including phenoxy) is 1. The molecular weight excluding hydrogens is 404 g/mol. The van der Waals surface area contributed by atoms with Gasteiger partial charge < -0.3 is 15.0 Å². The average molecular weight is 428 g/mol. The number of para-hydroxylation sites is 1. The molecule has 1 aromatic heterocycles. The van der Waals surface area contributed by atoms with Crippen molar-refractivity contribution < 1.29 is 14.3 Å². The van der Waals surface area contributed by atoms with Gasteiger partial charge in [0.1, 0.15) is 11.9 Å². The van der Waals surface area contributed by atoms with Gasteiger partial charge >= 0.3 is 0 Å². The third-order valence-electron chi connectivity index (χ3n) is 5.98. The lowest BCUT2D eigenvalue weighted by molar-refractivity contribution is -0.133. The smallest absolute Gasteiger partial charge is 0.239 e. The van der Waals surface area contributed by atoms with Crippen LogP contribution >= 0.6 is 0 Å². The molecule has 0 bridgehead atoms. The van der Waals surface area contributed by atoms with Gasteiger partial charge in [-0.2, -0.15) is 0 Å². The van der Waals surface area contributed by atoms with E-state index in [2.05, 4.69) is 15.3 Å². The summed E-state index contributed by atoms with van der Waals surface area (Å²) < 4.78 is 6.13. The van der Waals surface area contributed by atoms with Crippen molar-refractivity contribution in [2.45, 2.75) is 24.9 Å². The Morgan fingerprint density at radius 1 is 1.03 bits per heavy atom. The van der Waals surface area contributed by atoms with Crippen LogP contribution < -0.4 is 10.1 Å². The van der Waals surface area contributed by atoms with Crippen LogP contribution in [0.25, 0.3) is 11.4 Å². The van der Waals surface area contributed by atoms with Crippen molar-refractivity contribution in [3.63, 3.8) is 0 Å². The van der Waals surface area contributed by atoms with E-state index in [-0.39, 0.29) is 30.4 Å². The van der Waals surface area contributed by atoms with Gasteiger partial charge in [-0.1, -0.05) is 42.5 Å². The second-order valence-electron chi connectivity index (χ2n) is 8.20. The largest absolute Gasteiger partial charge is 0.487 e. The Balaban J connectivity index is 1.15. The minimum absolute atomic E-state index is 0.0195. The number of nitrogens with zero attached hydrogens (tertiary/aromatic N) is 3. The standard InChI is InChI=1S/C25H24N4O3/c30-22(16-29-15-19(13-23(29)31)17-6-2-1-3-7-17)28-14-20-12-18-8-4-9-21(24(18)32-20)25-26-10-5-11-27-25/h1-11,19-20H,12-16H2,(H,28,30).